The molecule has 1 aromatic heterocycles. The first-order valence-electron chi connectivity index (χ1n) is 9.11. The molecule has 0 N–H and O–H groups in total. The normalized spacial score (nSPS) is 13.7. The van der Waals surface area contributed by atoms with E-state index in [4.69, 9.17) is 4.11 Å². The quantitative estimate of drug-likeness (QED) is 0.441. The Morgan fingerprint density at radius 3 is 2.39 bits per heavy atom. The van der Waals surface area contributed by atoms with Gasteiger partial charge in [0.05, 0.1) is 11.2 Å². The van der Waals surface area contributed by atoms with E-state index in [0.29, 0.717) is 11.2 Å². The molecule has 0 spiro atoms. The summed E-state index contributed by atoms with van der Waals surface area (Å²) in [6, 6.07) is 18.0. The van der Waals surface area contributed by atoms with Crippen molar-refractivity contribution in [3.8, 4) is 11.3 Å². The van der Waals surface area contributed by atoms with Gasteiger partial charge in [-0.2, -0.15) is 0 Å². The third-order valence-corrected chi connectivity index (χ3v) is 4.09. The molecule has 0 atom stereocenters. The first kappa shape index (κ1) is 10.9. The van der Waals surface area contributed by atoms with E-state index in [2.05, 4.69) is 16.0 Å². The van der Waals surface area contributed by atoms with Crippen LogP contribution in [0.3, 0.4) is 0 Å². The van der Waals surface area contributed by atoms with Gasteiger partial charge in [0.1, 0.15) is 5.82 Å². The Hall–Kier alpha value is -2.74. The van der Waals surface area contributed by atoms with Gasteiger partial charge in [0, 0.05) is 20.4 Å². The molecule has 2 heteroatoms. The smallest absolute Gasteiger partial charge is 0.126 e. The maximum absolute atomic E-state index is 7.81. The van der Waals surface area contributed by atoms with Crippen molar-refractivity contribution in [1.29, 1.82) is 0 Å². The Labute approximate surface area is 140 Å². The zero-order chi connectivity index (χ0) is 18.5. The molecule has 0 bridgehead atoms. The maximum atomic E-state index is 7.81. The van der Waals surface area contributed by atoms with Gasteiger partial charge in [-0.15, -0.1) is 0 Å². The monoisotopic (exact) mass is 301 g/mol. The van der Waals surface area contributed by atoms with Crippen molar-refractivity contribution < 1.29 is 4.11 Å². The number of hydrogen-bond acceptors (Lipinski definition) is 2. The van der Waals surface area contributed by atoms with Crippen LogP contribution in [0.2, 0.25) is 0 Å². The number of rotatable bonds is 1. The summed E-state index contributed by atoms with van der Waals surface area (Å²) in [5.41, 5.74) is 4.48. The molecule has 4 aromatic rings. The fourth-order valence-corrected chi connectivity index (χ4v) is 3.20. The first-order valence-corrected chi connectivity index (χ1v) is 7.61. The lowest BCUT2D eigenvalue weighted by atomic mass is 9.99. The Morgan fingerprint density at radius 1 is 0.826 bits per heavy atom. The molecular formula is C21H18N2. The van der Waals surface area contributed by atoms with Crippen LogP contribution in [-0.4, -0.2) is 9.97 Å². The highest BCUT2D eigenvalue weighted by atomic mass is 14.9. The fourth-order valence-electron chi connectivity index (χ4n) is 3.20. The molecule has 4 rings (SSSR count). The van der Waals surface area contributed by atoms with Crippen LogP contribution in [0.4, 0.5) is 0 Å². The van der Waals surface area contributed by atoms with Crippen LogP contribution in [0, 0.1) is 20.7 Å². The number of aryl methyl sites for hydroxylation is 3. The zero-order valence-corrected chi connectivity index (χ0v) is 13.1. The van der Waals surface area contributed by atoms with Gasteiger partial charge in [-0.25, -0.2) is 9.97 Å². The summed E-state index contributed by atoms with van der Waals surface area (Å²) in [5, 5.41) is 2.83. The summed E-state index contributed by atoms with van der Waals surface area (Å²) in [6.45, 7) is 1.69. The molecule has 0 fully saturated rings. The van der Waals surface area contributed by atoms with Crippen LogP contribution in [-0.2, 0) is 0 Å². The van der Waals surface area contributed by atoms with Crippen molar-refractivity contribution in [2.24, 2.45) is 0 Å². The Bertz CT molecular complexity index is 1130. The SMILES string of the molecule is [2H]C([2H])([2H])c1nc(-c2cc(C)cc(C)c2)c2ccc3ccccc3c2n1. The highest BCUT2D eigenvalue weighted by Gasteiger charge is 2.11. The molecule has 0 aliphatic carbocycles. The lowest BCUT2D eigenvalue weighted by molar-refractivity contribution is 1.10. The van der Waals surface area contributed by atoms with Gasteiger partial charge >= 0.3 is 0 Å². The van der Waals surface area contributed by atoms with E-state index >= 15 is 0 Å². The lowest BCUT2D eigenvalue weighted by Crippen LogP contribution is -1.95. The second kappa shape index (κ2) is 5.17. The largest absolute Gasteiger partial charge is 0.233 e. The van der Waals surface area contributed by atoms with Gasteiger partial charge in [0.25, 0.3) is 0 Å². The summed E-state index contributed by atoms with van der Waals surface area (Å²) < 4.78 is 23.4. The number of aromatic nitrogens is 2. The molecule has 23 heavy (non-hydrogen) atoms. The third kappa shape index (κ3) is 2.36. The van der Waals surface area contributed by atoms with Gasteiger partial charge in [-0.05, 0) is 44.3 Å². The second-order valence-electron chi connectivity index (χ2n) is 5.96. The molecule has 1 heterocycles. The zero-order valence-electron chi connectivity index (χ0n) is 16.1. The minimum absolute atomic E-state index is 0.115. The molecule has 0 saturated heterocycles. The molecule has 112 valence electrons. The number of fused-ring (bicyclic) bond motifs is 3. The molecule has 0 amide bonds. The van der Waals surface area contributed by atoms with Gasteiger partial charge in [0.15, 0.2) is 0 Å². The van der Waals surface area contributed by atoms with Crippen LogP contribution >= 0.6 is 0 Å². The standard InChI is InChI=1S/C21H18N2/c1-13-10-14(2)12-17(11-13)20-19-9-8-16-6-4-5-7-18(16)21(19)23-15(3)22-20/h4-12H,1-3H3/i3D3. The van der Waals surface area contributed by atoms with Crippen LogP contribution in [0.15, 0.2) is 54.6 Å². The molecule has 0 aliphatic heterocycles. The summed E-state index contributed by atoms with van der Waals surface area (Å²) in [7, 11) is 0. The predicted octanol–water partition coefficient (Wildman–Crippen LogP) is 5.38. The van der Waals surface area contributed by atoms with E-state index in [1.807, 2.05) is 62.4 Å². The molecule has 0 radical (unpaired) electrons. The van der Waals surface area contributed by atoms with Gasteiger partial charge < -0.3 is 0 Å². The van der Waals surface area contributed by atoms with Gasteiger partial charge in [-0.3, -0.25) is 0 Å². The fraction of sp³-hybridized carbons (Fsp3) is 0.143. The van der Waals surface area contributed by atoms with E-state index in [0.717, 1.165) is 32.8 Å². The molecular weight excluding hydrogens is 280 g/mol. The number of benzene rings is 3. The Morgan fingerprint density at radius 2 is 1.61 bits per heavy atom. The van der Waals surface area contributed by atoms with E-state index in [9.17, 15) is 0 Å². The average Bonchev–Trinajstić information content (AvgIpc) is 2.59. The van der Waals surface area contributed by atoms with Crippen LogP contribution in [0.5, 0.6) is 0 Å². The average molecular weight is 301 g/mol. The van der Waals surface area contributed by atoms with E-state index in [-0.39, 0.29) is 5.82 Å². The topological polar surface area (TPSA) is 25.8 Å². The van der Waals surface area contributed by atoms with Gasteiger partial charge in [-0.1, -0.05) is 47.5 Å². The van der Waals surface area contributed by atoms with Gasteiger partial charge in [0.2, 0.25) is 0 Å². The molecule has 2 nitrogen and oxygen atoms in total. The summed E-state index contributed by atoms with van der Waals surface area (Å²) >= 11 is 0. The van der Waals surface area contributed by atoms with Crippen molar-refractivity contribution in [3.63, 3.8) is 0 Å². The Kier molecular flexibility index (Phi) is 2.45. The number of nitrogens with zero attached hydrogens (tertiary/aromatic N) is 2. The lowest BCUT2D eigenvalue weighted by Gasteiger charge is -2.11. The van der Waals surface area contributed by atoms with Crippen molar-refractivity contribution in [2.45, 2.75) is 20.7 Å². The second-order valence-corrected chi connectivity index (χ2v) is 5.96. The summed E-state index contributed by atoms with van der Waals surface area (Å²) in [4.78, 5) is 8.89. The highest BCUT2D eigenvalue weighted by molar-refractivity contribution is 6.09. The molecule has 0 saturated carbocycles. The summed E-state index contributed by atoms with van der Waals surface area (Å²) in [6.07, 6.45) is 0. The van der Waals surface area contributed by atoms with Crippen molar-refractivity contribution in [3.05, 3.63) is 71.5 Å². The summed E-state index contributed by atoms with van der Waals surface area (Å²) in [5.74, 6) is -0.115. The van der Waals surface area contributed by atoms with E-state index in [1.165, 1.54) is 0 Å². The first-order chi connectivity index (χ1) is 12.3. The molecule has 0 aliphatic rings. The van der Waals surface area contributed by atoms with Crippen LogP contribution in [0.1, 0.15) is 21.1 Å². The Balaban J connectivity index is 2.16. The molecule has 3 aromatic carbocycles. The van der Waals surface area contributed by atoms with E-state index < -0.39 is 6.85 Å². The van der Waals surface area contributed by atoms with Crippen molar-refractivity contribution >= 4 is 21.7 Å². The number of hydrogen-bond donors (Lipinski definition) is 0. The van der Waals surface area contributed by atoms with Crippen LogP contribution < -0.4 is 0 Å². The van der Waals surface area contributed by atoms with Crippen LogP contribution in [0.25, 0.3) is 32.9 Å². The highest BCUT2D eigenvalue weighted by Crippen LogP contribution is 2.31. The maximum Gasteiger partial charge on any atom is 0.126 e. The third-order valence-electron chi connectivity index (χ3n) is 4.09. The minimum Gasteiger partial charge on any atom is -0.233 e. The minimum atomic E-state index is -2.36. The predicted molar refractivity (Wildman–Crippen MR) is 96.7 cm³/mol. The van der Waals surface area contributed by atoms with Crippen molar-refractivity contribution in [1.82, 2.24) is 9.97 Å². The molecule has 0 unspecified atom stereocenters. The van der Waals surface area contributed by atoms with Crippen molar-refractivity contribution in [2.75, 3.05) is 0 Å². The van der Waals surface area contributed by atoms with E-state index in [1.54, 1.807) is 0 Å².